The van der Waals surface area contributed by atoms with Crippen LogP contribution in [0.25, 0.3) is 0 Å². The number of halogens is 1. The molecule has 1 aromatic heterocycles. The molecule has 0 aliphatic carbocycles. The van der Waals surface area contributed by atoms with Crippen molar-refractivity contribution in [3.63, 3.8) is 0 Å². The Labute approximate surface area is 114 Å². The summed E-state index contributed by atoms with van der Waals surface area (Å²) < 4.78 is 13.3. The number of nitrogens with one attached hydrogen (secondary N) is 1. The van der Waals surface area contributed by atoms with Gasteiger partial charge in [-0.1, -0.05) is 18.2 Å². The smallest absolute Gasteiger partial charge is 0.261 e. The number of thiophene rings is 1. The van der Waals surface area contributed by atoms with Gasteiger partial charge in [0.15, 0.2) is 0 Å². The van der Waals surface area contributed by atoms with Gasteiger partial charge in [-0.05, 0) is 24.1 Å². The second-order valence-electron chi connectivity index (χ2n) is 3.77. The van der Waals surface area contributed by atoms with Gasteiger partial charge in [0.25, 0.3) is 5.91 Å². The van der Waals surface area contributed by atoms with Gasteiger partial charge in [-0.25, -0.2) is 4.39 Å². The Morgan fingerprint density at radius 3 is 2.83 bits per heavy atom. The fourth-order valence-electron chi connectivity index (χ4n) is 1.54. The lowest BCUT2D eigenvalue weighted by Crippen LogP contribution is -2.25. The monoisotopic (exact) mass is 281 g/mol. The van der Waals surface area contributed by atoms with E-state index in [0.29, 0.717) is 23.4 Å². The molecule has 94 valence electrons. The SMILES string of the molecule is O=C(NCCc1ccccc1F)c1cc(S)cs1. The van der Waals surface area contributed by atoms with Gasteiger partial charge >= 0.3 is 0 Å². The van der Waals surface area contributed by atoms with Crippen molar-refractivity contribution in [2.75, 3.05) is 6.54 Å². The van der Waals surface area contributed by atoms with E-state index in [2.05, 4.69) is 17.9 Å². The number of thiol groups is 1. The van der Waals surface area contributed by atoms with E-state index in [4.69, 9.17) is 0 Å². The fourth-order valence-corrected chi connectivity index (χ4v) is 2.61. The molecule has 0 atom stereocenters. The predicted octanol–water partition coefficient (Wildman–Crippen LogP) is 3.15. The number of hydrogen-bond acceptors (Lipinski definition) is 3. The van der Waals surface area contributed by atoms with Crippen molar-refractivity contribution in [2.45, 2.75) is 11.3 Å². The molecule has 1 N–H and O–H groups in total. The van der Waals surface area contributed by atoms with Crippen LogP contribution in [-0.2, 0) is 6.42 Å². The Morgan fingerprint density at radius 2 is 2.17 bits per heavy atom. The molecule has 0 spiro atoms. The van der Waals surface area contributed by atoms with E-state index >= 15 is 0 Å². The van der Waals surface area contributed by atoms with Crippen LogP contribution in [0.2, 0.25) is 0 Å². The highest BCUT2D eigenvalue weighted by Crippen LogP contribution is 2.17. The standard InChI is InChI=1S/C13H12FNOS2/c14-11-4-2-1-3-9(11)5-6-15-13(16)12-7-10(17)8-18-12/h1-4,7-8,17H,5-6H2,(H,15,16). The first kappa shape index (κ1) is 13.1. The molecule has 0 unspecified atom stereocenters. The van der Waals surface area contributed by atoms with Crippen LogP contribution in [0.15, 0.2) is 40.6 Å². The van der Waals surface area contributed by atoms with Gasteiger partial charge in [0.1, 0.15) is 5.82 Å². The van der Waals surface area contributed by atoms with E-state index in [0.717, 1.165) is 4.90 Å². The molecule has 0 aliphatic heterocycles. The Morgan fingerprint density at radius 1 is 1.39 bits per heavy atom. The molecule has 1 amide bonds. The molecule has 1 heterocycles. The normalized spacial score (nSPS) is 10.3. The van der Waals surface area contributed by atoms with Gasteiger partial charge in [-0.2, -0.15) is 0 Å². The minimum absolute atomic E-state index is 0.142. The van der Waals surface area contributed by atoms with Gasteiger partial charge in [0.2, 0.25) is 0 Å². The first-order chi connectivity index (χ1) is 8.66. The topological polar surface area (TPSA) is 29.1 Å². The van der Waals surface area contributed by atoms with E-state index in [9.17, 15) is 9.18 Å². The number of rotatable bonds is 4. The number of amides is 1. The van der Waals surface area contributed by atoms with Crippen LogP contribution < -0.4 is 5.32 Å². The lowest BCUT2D eigenvalue weighted by atomic mass is 10.1. The van der Waals surface area contributed by atoms with Crippen LogP contribution in [0.1, 0.15) is 15.2 Å². The minimum atomic E-state index is -0.236. The molecule has 5 heteroatoms. The average molecular weight is 281 g/mol. The number of benzene rings is 1. The lowest BCUT2D eigenvalue weighted by Gasteiger charge is -2.04. The van der Waals surface area contributed by atoms with Crippen molar-refractivity contribution in [1.82, 2.24) is 5.32 Å². The quantitative estimate of drug-likeness (QED) is 0.828. The molecule has 0 saturated carbocycles. The van der Waals surface area contributed by atoms with Gasteiger partial charge < -0.3 is 5.32 Å². The molecule has 18 heavy (non-hydrogen) atoms. The Balaban J connectivity index is 1.86. The van der Waals surface area contributed by atoms with Crippen molar-refractivity contribution in [3.05, 3.63) is 52.0 Å². The van der Waals surface area contributed by atoms with Gasteiger partial charge in [0, 0.05) is 16.8 Å². The highest BCUT2D eigenvalue weighted by Gasteiger charge is 2.08. The number of carbonyl (C=O) groups excluding carboxylic acids is 1. The first-order valence-corrected chi connectivity index (χ1v) is 6.78. The zero-order valence-corrected chi connectivity index (χ0v) is 11.2. The van der Waals surface area contributed by atoms with E-state index in [-0.39, 0.29) is 11.7 Å². The average Bonchev–Trinajstić information content (AvgIpc) is 2.78. The van der Waals surface area contributed by atoms with E-state index < -0.39 is 0 Å². The van der Waals surface area contributed by atoms with Crippen molar-refractivity contribution < 1.29 is 9.18 Å². The summed E-state index contributed by atoms with van der Waals surface area (Å²) in [6.45, 7) is 0.416. The first-order valence-electron chi connectivity index (χ1n) is 5.46. The summed E-state index contributed by atoms with van der Waals surface area (Å²) >= 11 is 5.49. The zero-order valence-electron chi connectivity index (χ0n) is 9.52. The maximum atomic E-state index is 13.3. The Bertz CT molecular complexity index is 553. The molecule has 0 saturated heterocycles. The molecule has 2 aromatic rings. The molecule has 2 nitrogen and oxygen atoms in total. The van der Waals surface area contributed by atoms with Crippen molar-refractivity contribution in [1.29, 1.82) is 0 Å². The maximum Gasteiger partial charge on any atom is 0.261 e. The van der Waals surface area contributed by atoms with Crippen molar-refractivity contribution >= 4 is 29.9 Å². The minimum Gasteiger partial charge on any atom is -0.351 e. The van der Waals surface area contributed by atoms with E-state index in [1.807, 2.05) is 0 Å². The molecule has 2 rings (SSSR count). The summed E-state index contributed by atoms with van der Waals surface area (Å²) in [6, 6.07) is 8.29. The lowest BCUT2D eigenvalue weighted by molar-refractivity contribution is 0.0958. The largest absolute Gasteiger partial charge is 0.351 e. The Hall–Kier alpha value is -1.33. The predicted molar refractivity (Wildman–Crippen MR) is 74.0 cm³/mol. The fraction of sp³-hybridized carbons (Fsp3) is 0.154. The summed E-state index contributed by atoms with van der Waals surface area (Å²) in [5.41, 5.74) is 0.610. The third kappa shape index (κ3) is 3.34. The van der Waals surface area contributed by atoms with E-state index in [1.165, 1.54) is 17.4 Å². The van der Waals surface area contributed by atoms with Gasteiger partial charge in [-0.3, -0.25) is 4.79 Å². The van der Waals surface area contributed by atoms with Crippen molar-refractivity contribution in [3.8, 4) is 0 Å². The highest BCUT2D eigenvalue weighted by molar-refractivity contribution is 7.80. The Kier molecular flexibility index (Phi) is 4.38. The molecule has 0 bridgehead atoms. The molecule has 0 radical (unpaired) electrons. The molecular formula is C13H12FNOS2. The molecular weight excluding hydrogens is 269 g/mol. The highest BCUT2D eigenvalue weighted by atomic mass is 32.1. The second kappa shape index (κ2) is 6.02. The summed E-state index contributed by atoms with van der Waals surface area (Å²) in [6.07, 6.45) is 0.484. The summed E-state index contributed by atoms with van der Waals surface area (Å²) in [5.74, 6) is -0.378. The van der Waals surface area contributed by atoms with Gasteiger partial charge in [0.05, 0.1) is 4.88 Å². The van der Waals surface area contributed by atoms with Gasteiger partial charge in [-0.15, -0.1) is 24.0 Å². The van der Waals surface area contributed by atoms with Crippen LogP contribution in [0.3, 0.4) is 0 Å². The maximum absolute atomic E-state index is 13.3. The third-order valence-corrected chi connectivity index (χ3v) is 3.81. The van der Waals surface area contributed by atoms with Crippen LogP contribution in [0.5, 0.6) is 0 Å². The molecule has 1 aromatic carbocycles. The second-order valence-corrected chi connectivity index (χ2v) is 5.19. The van der Waals surface area contributed by atoms with Crippen LogP contribution in [0, 0.1) is 5.82 Å². The number of hydrogen-bond donors (Lipinski definition) is 2. The number of carbonyl (C=O) groups is 1. The summed E-state index contributed by atoms with van der Waals surface area (Å²) in [4.78, 5) is 13.1. The van der Waals surface area contributed by atoms with E-state index in [1.54, 1.807) is 29.6 Å². The zero-order chi connectivity index (χ0) is 13.0. The van der Waals surface area contributed by atoms with Crippen LogP contribution in [-0.4, -0.2) is 12.5 Å². The molecule has 0 fully saturated rings. The summed E-state index contributed by atoms with van der Waals surface area (Å²) in [5, 5.41) is 4.56. The molecule has 0 aliphatic rings. The van der Waals surface area contributed by atoms with Crippen LogP contribution in [0.4, 0.5) is 4.39 Å². The third-order valence-electron chi connectivity index (χ3n) is 2.45. The summed E-state index contributed by atoms with van der Waals surface area (Å²) in [7, 11) is 0. The van der Waals surface area contributed by atoms with Crippen LogP contribution >= 0.6 is 24.0 Å². The van der Waals surface area contributed by atoms with Crippen molar-refractivity contribution in [2.24, 2.45) is 0 Å².